The zero-order valence-electron chi connectivity index (χ0n) is 15.4. The average molecular weight is 415 g/mol. The molecule has 0 radical (unpaired) electrons. The van der Waals surface area contributed by atoms with Gasteiger partial charge in [0, 0.05) is 10.6 Å². The third-order valence-corrected chi connectivity index (χ3v) is 5.25. The van der Waals surface area contributed by atoms with Gasteiger partial charge in [-0.15, -0.1) is 11.3 Å². The smallest absolute Gasteiger partial charge is 0.351 e. The maximum atomic E-state index is 12.5. The van der Waals surface area contributed by atoms with Gasteiger partial charge in [0.05, 0.1) is 16.7 Å². The monoisotopic (exact) mass is 414 g/mol. The maximum absolute atomic E-state index is 12.5. The Kier molecular flexibility index (Phi) is 6.44. The largest absolute Gasteiger partial charge is 0.451 e. The molecular weight excluding hydrogens is 396 g/mol. The predicted octanol–water partition coefficient (Wildman–Crippen LogP) is 4.81. The van der Waals surface area contributed by atoms with Crippen molar-refractivity contribution in [1.29, 1.82) is 0 Å². The second-order valence-electron chi connectivity index (χ2n) is 6.19. The van der Waals surface area contributed by atoms with Gasteiger partial charge in [0.2, 0.25) is 0 Å². The minimum absolute atomic E-state index is 0.228. The molecule has 0 aliphatic rings. The molecule has 3 rings (SSSR count). The third-order valence-electron chi connectivity index (χ3n) is 4.05. The Labute approximate surface area is 172 Å². The molecule has 28 heavy (non-hydrogen) atoms. The fourth-order valence-corrected chi connectivity index (χ4v) is 3.63. The lowest BCUT2D eigenvalue weighted by atomic mass is 10.1. The Bertz CT molecular complexity index is 971. The Morgan fingerprint density at radius 3 is 2.50 bits per heavy atom. The molecular formula is C21H19ClN2O3S. The van der Waals surface area contributed by atoms with Crippen LogP contribution < -0.4 is 5.32 Å². The van der Waals surface area contributed by atoms with Gasteiger partial charge in [0.15, 0.2) is 6.61 Å². The highest BCUT2D eigenvalue weighted by Gasteiger charge is 2.21. The summed E-state index contributed by atoms with van der Waals surface area (Å²) in [5, 5.41) is 4.19. The summed E-state index contributed by atoms with van der Waals surface area (Å²) in [7, 11) is 0. The number of rotatable bonds is 6. The number of nitrogens with one attached hydrogen (secondary N) is 1. The number of hydrogen-bond acceptors (Lipinski definition) is 5. The molecule has 7 heteroatoms. The SMILES string of the molecule is Cc1nc(-c2ccccc2)c(C(=O)OCC(=O)N[C@@H](C)c2ccc(Cl)cc2)s1. The molecule has 5 nitrogen and oxygen atoms in total. The fourth-order valence-electron chi connectivity index (χ4n) is 2.67. The van der Waals surface area contributed by atoms with Crippen LogP contribution in [0.4, 0.5) is 0 Å². The van der Waals surface area contributed by atoms with E-state index in [0.29, 0.717) is 15.6 Å². The van der Waals surface area contributed by atoms with Crippen LogP contribution >= 0.6 is 22.9 Å². The molecule has 1 N–H and O–H groups in total. The minimum Gasteiger partial charge on any atom is -0.451 e. The van der Waals surface area contributed by atoms with Crippen molar-refractivity contribution in [3.05, 3.63) is 75.1 Å². The average Bonchev–Trinajstić information content (AvgIpc) is 3.09. The minimum atomic E-state index is -0.557. The summed E-state index contributed by atoms with van der Waals surface area (Å²) < 4.78 is 5.22. The van der Waals surface area contributed by atoms with E-state index in [2.05, 4.69) is 10.3 Å². The van der Waals surface area contributed by atoms with Gasteiger partial charge in [-0.3, -0.25) is 4.79 Å². The number of esters is 1. The van der Waals surface area contributed by atoms with Crippen molar-refractivity contribution in [1.82, 2.24) is 10.3 Å². The zero-order chi connectivity index (χ0) is 20.1. The molecule has 0 saturated heterocycles. The summed E-state index contributed by atoms with van der Waals surface area (Å²) in [6.45, 7) is 3.32. The van der Waals surface area contributed by atoms with Gasteiger partial charge in [-0.25, -0.2) is 9.78 Å². The van der Waals surface area contributed by atoms with Crippen molar-refractivity contribution < 1.29 is 14.3 Å². The van der Waals surface area contributed by atoms with E-state index < -0.39 is 5.97 Å². The van der Waals surface area contributed by atoms with Crippen LogP contribution in [0.15, 0.2) is 54.6 Å². The number of amides is 1. The van der Waals surface area contributed by atoms with Crippen molar-refractivity contribution in [2.45, 2.75) is 19.9 Å². The molecule has 0 fully saturated rings. The number of hydrogen-bond donors (Lipinski definition) is 1. The van der Waals surface area contributed by atoms with E-state index in [4.69, 9.17) is 16.3 Å². The number of carbonyl (C=O) groups is 2. The summed E-state index contributed by atoms with van der Waals surface area (Å²) in [6, 6.07) is 16.4. The standard InChI is InChI=1S/C21H19ClN2O3S/c1-13(15-8-10-17(22)11-9-15)23-18(25)12-27-21(26)20-19(24-14(2)28-20)16-6-4-3-5-7-16/h3-11,13H,12H2,1-2H3,(H,23,25)/t13-/m0/s1. The van der Waals surface area contributed by atoms with Crippen LogP contribution in [0.25, 0.3) is 11.3 Å². The molecule has 0 saturated carbocycles. The Hall–Kier alpha value is -2.70. The number of nitrogens with zero attached hydrogens (tertiary/aromatic N) is 1. The van der Waals surface area contributed by atoms with Gasteiger partial charge >= 0.3 is 5.97 Å². The van der Waals surface area contributed by atoms with Crippen LogP contribution in [0.3, 0.4) is 0 Å². The number of aromatic nitrogens is 1. The first-order valence-corrected chi connectivity index (χ1v) is 9.88. The number of benzene rings is 2. The van der Waals surface area contributed by atoms with Crippen LogP contribution in [0.5, 0.6) is 0 Å². The Morgan fingerprint density at radius 2 is 1.82 bits per heavy atom. The molecule has 0 aliphatic carbocycles. The summed E-state index contributed by atoms with van der Waals surface area (Å²) in [6.07, 6.45) is 0. The molecule has 144 valence electrons. The van der Waals surface area contributed by atoms with Crippen LogP contribution in [-0.2, 0) is 9.53 Å². The molecule has 1 amide bonds. The molecule has 0 spiro atoms. The molecule has 1 heterocycles. The van der Waals surface area contributed by atoms with E-state index in [1.807, 2.05) is 56.3 Å². The molecule has 0 aliphatic heterocycles. The van der Waals surface area contributed by atoms with E-state index >= 15 is 0 Å². The quantitative estimate of drug-likeness (QED) is 0.588. The third kappa shape index (κ3) is 4.97. The van der Waals surface area contributed by atoms with Gasteiger partial charge in [0.1, 0.15) is 4.88 Å². The summed E-state index contributed by atoms with van der Waals surface area (Å²) in [5.41, 5.74) is 2.32. The summed E-state index contributed by atoms with van der Waals surface area (Å²) >= 11 is 7.13. The zero-order valence-corrected chi connectivity index (χ0v) is 17.0. The lowest BCUT2D eigenvalue weighted by Crippen LogP contribution is -2.31. The highest BCUT2D eigenvalue weighted by Crippen LogP contribution is 2.28. The molecule has 0 bridgehead atoms. The van der Waals surface area contributed by atoms with Gasteiger partial charge < -0.3 is 10.1 Å². The van der Waals surface area contributed by atoms with E-state index in [1.54, 1.807) is 12.1 Å². The Morgan fingerprint density at radius 1 is 1.14 bits per heavy atom. The summed E-state index contributed by atoms with van der Waals surface area (Å²) in [5.74, 6) is -0.933. The van der Waals surface area contributed by atoms with E-state index in [9.17, 15) is 9.59 Å². The first kappa shape index (κ1) is 20.0. The first-order valence-electron chi connectivity index (χ1n) is 8.69. The van der Waals surface area contributed by atoms with Crippen molar-refractivity contribution in [3.63, 3.8) is 0 Å². The van der Waals surface area contributed by atoms with Crippen LogP contribution in [0, 0.1) is 6.92 Å². The van der Waals surface area contributed by atoms with E-state index in [-0.39, 0.29) is 18.6 Å². The number of halogens is 1. The van der Waals surface area contributed by atoms with E-state index in [0.717, 1.165) is 16.1 Å². The van der Waals surface area contributed by atoms with Crippen molar-refractivity contribution >= 4 is 34.8 Å². The van der Waals surface area contributed by atoms with Crippen molar-refractivity contribution in [3.8, 4) is 11.3 Å². The molecule has 3 aromatic rings. The first-order chi connectivity index (χ1) is 13.4. The molecule has 2 aromatic carbocycles. The lowest BCUT2D eigenvalue weighted by molar-refractivity contribution is -0.124. The molecule has 1 aromatic heterocycles. The fraction of sp³-hybridized carbons (Fsp3) is 0.190. The molecule has 0 unspecified atom stereocenters. The number of aryl methyl sites for hydroxylation is 1. The van der Waals surface area contributed by atoms with E-state index in [1.165, 1.54) is 11.3 Å². The Balaban J connectivity index is 1.61. The van der Waals surface area contributed by atoms with Crippen LogP contribution in [0.1, 0.15) is 33.2 Å². The van der Waals surface area contributed by atoms with Gasteiger partial charge in [0.25, 0.3) is 5.91 Å². The van der Waals surface area contributed by atoms with Crippen LogP contribution in [-0.4, -0.2) is 23.5 Å². The number of carbonyl (C=O) groups excluding carboxylic acids is 2. The topological polar surface area (TPSA) is 68.3 Å². The second kappa shape index (κ2) is 8.99. The maximum Gasteiger partial charge on any atom is 0.351 e. The summed E-state index contributed by atoms with van der Waals surface area (Å²) in [4.78, 5) is 29.5. The van der Waals surface area contributed by atoms with Crippen molar-refractivity contribution in [2.24, 2.45) is 0 Å². The van der Waals surface area contributed by atoms with Gasteiger partial charge in [-0.05, 0) is 31.5 Å². The number of ether oxygens (including phenoxy) is 1. The predicted molar refractivity (Wildman–Crippen MR) is 111 cm³/mol. The second-order valence-corrected chi connectivity index (χ2v) is 7.83. The van der Waals surface area contributed by atoms with Gasteiger partial charge in [-0.1, -0.05) is 54.1 Å². The highest BCUT2D eigenvalue weighted by atomic mass is 35.5. The van der Waals surface area contributed by atoms with Crippen molar-refractivity contribution in [2.75, 3.05) is 6.61 Å². The normalized spacial score (nSPS) is 11.7. The van der Waals surface area contributed by atoms with Crippen LogP contribution in [0.2, 0.25) is 5.02 Å². The lowest BCUT2D eigenvalue weighted by Gasteiger charge is -2.14. The van der Waals surface area contributed by atoms with Gasteiger partial charge in [-0.2, -0.15) is 0 Å². The highest BCUT2D eigenvalue weighted by molar-refractivity contribution is 7.14. The molecule has 1 atom stereocenters. The number of thiazole rings is 1.